The molecule has 0 bridgehead atoms. The van der Waals surface area contributed by atoms with Gasteiger partial charge in [-0.25, -0.2) is 4.79 Å². The van der Waals surface area contributed by atoms with Gasteiger partial charge in [-0.3, -0.25) is 4.79 Å². The maximum atomic E-state index is 10.9. The second kappa shape index (κ2) is 5.08. The fraction of sp³-hybridized carbons (Fsp3) is 0.375. The Bertz CT molecular complexity index is 239. The lowest BCUT2D eigenvalue weighted by Gasteiger charge is -2.07. The first-order chi connectivity index (χ1) is 5.61. The molecular weight excluding hydrogens is 158 g/mol. The van der Waals surface area contributed by atoms with Gasteiger partial charge in [0, 0.05) is 6.08 Å². The van der Waals surface area contributed by atoms with E-state index in [4.69, 9.17) is 5.26 Å². The second-order valence-corrected chi connectivity index (χ2v) is 2.08. The van der Waals surface area contributed by atoms with Crippen molar-refractivity contribution < 1.29 is 14.3 Å². The summed E-state index contributed by atoms with van der Waals surface area (Å²) in [4.78, 5) is 21.4. The molecule has 0 saturated carbocycles. The van der Waals surface area contributed by atoms with E-state index in [1.54, 1.807) is 6.07 Å². The molecular formula is C8H9NO3. The molecule has 0 aromatic carbocycles. The third kappa shape index (κ3) is 3.52. The Labute approximate surface area is 70.4 Å². The highest BCUT2D eigenvalue weighted by atomic mass is 16.5. The van der Waals surface area contributed by atoms with Crippen molar-refractivity contribution in [3.05, 3.63) is 12.7 Å². The van der Waals surface area contributed by atoms with Crippen LogP contribution in [0.5, 0.6) is 0 Å². The molecule has 0 N–H and O–H groups in total. The number of rotatable bonds is 4. The van der Waals surface area contributed by atoms with Gasteiger partial charge in [0.05, 0.1) is 12.5 Å². The van der Waals surface area contributed by atoms with Crippen LogP contribution in [0.4, 0.5) is 0 Å². The van der Waals surface area contributed by atoms with Gasteiger partial charge < -0.3 is 4.74 Å². The molecule has 0 aliphatic rings. The third-order valence-corrected chi connectivity index (χ3v) is 1.17. The third-order valence-electron chi connectivity index (χ3n) is 1.17. The molecule has 1 atom stereocenters. The number of ketones is 1. The summed E-state index contributed by atoms with van der Waals surface area (Å²) < 4.78 is 4.56. The van der Waals surface area contributed by atoms with Crippen LogP contribution in [0.3, 0.4) is 0 Å². The number of esters is 1. The van der Waals surface area contributed by atoms with Gasteiger partial charge in [0.25, 0.3) is 0 Å². The Hall–Kier alpha value is -1.63. The number of hydrogen-bond acceptors (Lipinski definition) is 4. The van der Waals surface area contributed by atoms with Gasteiger partial charge in [-0.1, -0.05) is 6.58 Å². The molecule has 0 radical (unpaired) electrons. The van der Waals surface area contributed by atoms with E-state index in [9.17, 15) is 9.59 Å². The van der Waals surface area contributed by atoms with Crippen molar-refractivity contribution >= 4 is 11.8 Å². The van der Waals surface area contributed by atoms with E-state index in [1.165, 1.54) is 6.92 Å². The zero-order chi connectivity index (χ0) is 9.56. The van der Waals surface area contributed by atoms with Crippen molar-refractivity contribution in [2.45, 2.75) is 19.4 Å². The predicted molar refractivity (Wildman–Crippen MR) is 41.0 cm³/mol. The average Bonchev–Trinajstić information content (AvgIpc) is 2.04. The van der Waals surface area contributed by atoms with Crippen molar-refractivity contribution in [3.8, 4) is 6.07 Å². The normalized spacial score (nSPS) is 11.0. The summed E-state index contributed by atoms with van der Waals surface area (Å²) in [5, 5.41) is 8.15. The summed E-state index contributed by atoms with van der Waals surface area (Å²) in [6, 6.07) is 1.67. The Morgan fingerprint density at radius 2 is 2.33 bits per heavy atom. The van der Waals surface area contributed by atoms with Crippen molar-refractivity contribution in [2.24, 2.45) is 0 Å². The Kier molecular flexibility index (Phi) is 4.39. The van der Waals surface area contributed by atoms with Gasteiger partial charge in [-0.2, -0.15) is 5.26 Å². The van der Waals surface area contributed by atoms with Crippen LogP contribution in [0.1, 0.15) is 13.3 Å². The molecule has 0 saturated heterocycles. The molecule has 0 rings (SSSR count). The van der Waals surface area contributed by atoms with E-state index in [0.717, 1.165) is 6.08 Å². The molecule has 64 valence electrons. The number of carbonyl (C=O) groups excluding carboxylic acids is 2. The van der Waals surface area contributed by atoms with E-state index < -0.39 is 17.9 Å². The first kappa shape index (κ1) is 10.4. The van der Waals surface area contributed by atoms with Crippen LogP contribution >= 0.6 is 0 Å². The van der Waals surface area contributed by atoms with E-state index in [0.29, 0.717) is 0 Å². The van der Waals surface area contributed by atoms with Crippen LogP contribution in [0, 0.1) is 11.3 Å². The summed E-state index contributed by atoms with van der Waals surface area (Å²) in [7, 11) is 0. The molecule has 0 spiro atoms. The van der Waals surface area contributed by atoms with Crippen LogP contribution in [-0.2, 0) is 14.3 Å². The van der Waals surface area contributed by atoms with Gasteiger partial charge in [0.15, 0.2) is 11.9 Å². The number of nitrogens with zero attached hydrogens (tertiary/aromatic N) is 1. The number of nitriles is 1. The van der Waals surface area contributed by atoms with Gasteiger partial charge in [0.1, 0.15) is 0 Å². The smallest absolute Gasteiger partial charge is 0.330 e. The largest absolute Gasteiger partial charge is 0.451 e. The molecule has 4 heteroatoms. The zero-order valence-corrected chi connectivity index (χ0v) is 6.74. The molecule has 0 aliphatic carbocycles. The molecule has 0 aromatic rings. The highest BCUT2D eigenvalue weighted by Gasteiger charge is 2.15. The van der Waals surface area contributed by atoms with Gasteiger partial charge in [-0.05, 0) is 6.92 Å². The highest BCUT2D eigenvalue weighted by Crippen LogP contribution is 1.96. The van der Waals surface area contributed by atoms with Gasteiger partial charge in [-0.15, -0.1) is 0 Å². The zero-order valence-electron chi connectivity index (χ0n) is 6.74. The molecule has 4 nitrogen and oxygen atoms in total. The molecule has 12 heavy (non-hydrogen) atoms. The summed E-state index contributed by atoms with van der Waals surface area (Å²) in [6.45, 7) is 4.59. The number of ether oxygens (including phenoxy) is 1. The van der Waals surface area contributed by atoms with E-state index in [1.807, 2.05) is 0 Å². The minimum Gasteiger partial charge on any atom is -0.451 e. The SMILES string of the molecule is C=CC(=O)OC(C)C(=O)CC#N. The van der Waals surface area contributed by atoms with Crippen LogP contribution in [0.25, 0.3) is 0 Å². The highest BCUT2D eigenvalue weighted by molar-refractivity contribution is 5.89. The monoisotopic (exact) mass is 167 g/mol. The predicted octanol–water partition coefficient (Wildman–Crippen LogP) is 0.587. The second-order valence-electron chi connectivity index (χ2n) is 2.08. The fourth-order valence-electron chi connectivity index (χ4n) is 0.510. The van der Waals surface area contributed by atoms with Crippen molar-refractivity contribution in [1.29, 1.82) is 5.26 Å². The summed E-state index contributed by atoms with van der Waals surface area (Å²) >= 11 is 0. The number of Topliss-reactive ketones (excluding diaryl/α,β-unsaturated/α-hetero) is 1. The molecule has 0 heterocycles. The maximum Gasteiger partial charge on any atom is 0.330 e. The van der Waals surface area contributed by atoms with Crippen LogP contribution in [0.15, 0.2) is 12.7 Å². The van der Waals surface area contributed by atoms with Crippen LogP contribution in [0.2, 0.25) is 0 Å². The minimum atomic E-state index is -0.866. The first-order valence-corrected chi connectivity index (χ1v) is 3.34. The lowest BCUT2D eigenvalue weighted by molar-refractivity contribution is -0.148. The molecule has 0 aliphatic heterocycles. The van der Waals surface area contributed by atoms with Crippen molar-refractivity contribution in [3.63, 3.8) is 0 Å². The van der Waals surface area contributed by atoms with Crippen LogP contribution < -0.4 is 0 Å². The van der Waals surface area contributed by atoms with Crippen LogP contribution in [-0.4, -0.2) is 17.9 Å². The van der Waals surface area contributed by atoms with E-state index >= 15 is 0 Å². The lowest BCUT2D eigenvalue weighted by atomic mass is 10.2. The van der Waals surface area contributed by atoms with E-state index in [2.05, 4.69) is 11.3 Å². The minimum absolute atomic E-state index is 0.244. The van der Waals surface area contributed by atoms with Crippen molar-refractivity contribution in [1.82, 2.24) is 0 Å². The first-order valence-electron chi connectivity index (χ1n) is 3.34. The Balaban J connectivity index is 3.96. The molecule has 1 unspecified atom stereocenters. The van der Waals surface area contributed by atoms with Gasteiger partial charge >= 0.3 is 5.97 Å². The number of carbonyl (C=O) groups is 2. The standard InChI is InChI=1S/C8H9NO3/c1-3-8(11)12-6(2)7(10)4-5-9/h3,6H,1,4H2,2H3. The van der Waals surface area contributed by atoms with E-state index in [-0.39, 0.29) is 6.42 Å². The number of hydrogen-bond donors (Lipinski definition) is 0. The molecule has 0 fully saturated rings. The maximum absolute atomic E-state index is 10.9. The summed E-state index contributed by atoms with van der Waals surface area (Å²) in [6.07, 6.45) is -0.142. The Morgan fingerprint density at radius 1 is 1.75 bits per heavy atom. The average molecular weight is 167 g/mol. The summed E-state index contributed by atoms with van der Waals surface area (Å²) in [5.74, 6) is -1.07. The van der Waals surface area contributed by atoms with Crippen molar-refractivity contribution in [2.75, 3.05) is 0 Å². The molecule has 0 aromatic heterocycles. The molecule has 0 amide bonds. The lowest BCUT2D eigenvalue weighted by Crippen LogP contribution is -2.22. The Morgan fingerprint density at radius 3 is 2.75 bits per heavy atom. The quantitative estimate of drug-likeness (QED) is 0.454. The summed E-state index contributed by atoms with van der Waals surface area (Å²) in [5.41, 5.74) is 0. The van der Waals surface area contributed by atoms with Gasteiger partial charge in [0.2, 0.25) is 0 Å². The fourth-order valence-corrected chi connectivity index (χ4v) is 0.510. The topological polar surface area (TPSA) is 67.2 Å².